The number of benzene rings is 1. The fourth-order valence-corrected chi connectivity index (χ4v) is 3.10. The summed E-state index contributed by atoms with van der Waals surface area (Å²) in [5, 5.41) is 12.0. The minimum absolute atomic E-state index is 0.143. The van der Waals surface area contributed by atoms with Crippen LogP contribution in [0.5, 0.6) is 5.75 Å². The number of hydrogen-bond acceptors (Lipinski definition) is 3. The van der Waals surface area contributed by atoms with Gasteiger partial charge in [-0.1, -0.05) is 12.1 Å². The molecule has 6 nitrogen and oxygen atoms in total. The van der Waals surface area contributed by atoms with Gasteiger partial charge in [-0.25, -0.2) is 4.79 Å². The summed E-state index contributed by atoms with van der Waals surface area (Å²) >= 11 is 0. The molecule has 2 aliphatic rings. The van der Waals surface area contributed by atoms with Gasteiger partial charge in [0, 0.05) is 25.0 Å². The Bertz CT molecular complexity index is 587. The first-order valence-electron chi connectivity index (χ1n) is 8.09. The molecule has 0 spiro atoms. The highest BCUT2D eigenvalue weighted by Crippen LogP contribution is 2.41. The number of rotatable bonds is 5. The van der Waals surface area contributed by atoms with Crippen LogP contribution in [-0.2, 0) is 4.79 Å². The Balaban J connectivity index is 1.49. The lowest BCUT2D eigenvalue weighted by atomic mass is 10.1. The Hall–Kier alpha value is -2.24. The molecule has 1 aliphatic carbocycles. The summed E-state index contributed by atoms with van der Waals surface area (Å²) in [4.78, 5) is 24.7. The molecule has 23 heavy (non-hydrogen) atoms. The van der Waals surface area contributed by atoms with E-state index in [-0.39, 0.29) is 12.1 Å². The van der Waals surface area contributed by atoms with Crippen LogP contribution in [0.4, 0.5) is 4.79 Å². The maximum atomic E-state index is 12.2. The molecular formula is C17H22N2O4. The number of amides is 2. The number of ether oxygens (including phenoxy) is 1. The third-order valence-electron chi connectivity index (χ3n) is 4.54. The van der Waals surface area contributed by atoms with E-state index in [0.717, 1.165) is 12.2 Å². The zero-order valence-corrected chi connectivity index (χ0v) is 13.2. The van der Waals surface area contributed by atoms with E-state index in [2.05, 4.69) is 5.32 Å². The topological polar surface area (TPSA) is 78.9 Å². The quantitative estimate of drug-likeness (QED) is 0.871. The van der Waals surface area contributed by atoms with Gasteiger partial charge in [-0.3, -0.25) is 4.79 Å². The third-order valence-corrected chi connectivity index (χ3v) is 4.54. The number of carboxylic acids is 1. The van der Waals surface area contributed by atoms with Gasteiger partial charge in [-0.15, -0.1) is 0 Å². The van der Waals surface area contributed by atoms with Crippen LogP contribution in [0, 0.1) is 5.92 Å². The average Bonchev–Trinajstić information content (AvgIpc) is 3.11. The second kappa shape index (κ2) is 6.48. The Morgan fingerprint density at radius 2 is 2.09 bits per heavy atom. The molecule has 2 N–H and O–H groups in total. The van der Waals surface area contributed by atoms with E-state index < -0.39 is 11.9 Å². The van der Waals surface area contributed by atoms with Crippen molar-refractivity contribution in [2.45, 2.75) is 31.7 Å². The van der Waals surface area contributed by atoms with Gasteiger partial charge in [0.2, 0.25) is 0 Å². The van der Waals surface area contributed by atoms with E-state index in [1.165, 1.54) is 5.56 Å². The third kappa shape index (κ3) is 3.57. The first-order valence-corrected chi connectivity index (χ1v) is 8.09. The molecule has 1 aromatic rings. The lowest BCUT2D eigenvalue weighted by molar-refractivity contribution is -0.141. The summed E-state index contributed by atoms with van der Waals surface area (Å²) in [5.41, 5.74) is 1.20. The van der Waals surface area contributed by atoms with Crippen molar-refractivity contribution in [1.29, 1.82) is 0 Å². The molecule has 0 bridgehead atoms. The number of carboxylic acid groups (broad SMARTS) is 1. The molecule has 3 atom stereocenters. The van der Waals surface area contributed by atoms with E-state index in [0.29, 0.717) is 32.0 Å². The molecule has 1 saturated carbocycles. The van der Waals surface area contributed by atoms with Crippen molar-refractivity contribution in [2.24, 2.45) is 5.92 Å². The predicted molar refractivity (Wildman–Crippen MR) is 84.6 cm³/mol. The number of nitrogens with one attached hydrogen (secondary N) is 1. The molecule has 2 fully saturated rings. The smallest absolute Gasteiger partial charge is 0.317 e. The minimum atomic E-state index is -0.820. The average molecular weight is 318 g/mol. The van der Waals surface area contributed by atoms with E-state index in [1.807, 2.05) is 31.2 Å². The monoisotopic (exact) mass is 318 g/mol. The maximum Gasteiger partial charge on any atom is 0.317 e. The standard InChI is InChI=1S/C17H22N2O4/c1-2-23-13-5-3-11(4-6-13)14-9-15(14)18-17(22)19-8-7-12(10-19)16(20)21/h3-6,12,14-15H,2,7-10H2,1H3,(H,18,22)(H,20,21)/t12?,14-,15+/m0/s1. The highest BCUT2D eigenvalue weighted by atomic mass is 16.5. The largest absolute Gasteiger partial charge is 0.494 e. The number of likely N-dealkylation sites (tertiary alicyclic amines) is 1. The van der Waals surface area contributed by atoms with Gasteiger partial charge in [0.15, 0.2) is 0 Å². The fraction of sp³-hybridized carbons (Fsp3) is 0.529. The van der Waals surface area contributed by atoms with Crippen molar-refractivity contribution in [2.75, 3.05) is 19.7 Å². The first-order chi connectivity index (χ1) is 11.1. The normalized spacial score (nSPS) is 26.0. The number of hydrogen-bond donors (Lipinski definition) is 2. The van der Waals surface area contributed by atoms with Gasteiger partial charge in [0.1, 0.15) is 5.75 Å². The minimum Gasteiger partial charge on any atom is -0.494 e. The van der Waals surface area contributed by atoms with Crippen LogP contribution in [-0.4, -0.2) is 47.7 Å². The van der Waals surface area contributed by atoms with Gasteiger partial charge >= 0.3 is 12.0 Å². The van der Waals surface area contributed by atoms with Crippen LogP contribution in [0.25, 0.3) is 0 Å². The van der Waals surface area contributed by atoms with Gasteiger partial charge in [0.25, 0.3) is 0 Å². The summed E-state index contributed by atoms with van der Waals surface area (Å²) in [5.74, 6) is -0.0531. The van der Waals surface area contributed by atoms with E-state index in [4.69, 9.17) is 9.84 Å². The summed E-state index contributed by atoms with van der Waals surface area (Å²) < 4.78 is 5.42. The van der Waals surface area contributed by atoms with Crippen LogP contribution >= 0.6 is 0 Å². The molecular weight excluding hydrogens is 296 g/mol. The Morgan fingerprint density at radius 1 is 1.35 bits per heavy atom. The van der Waals surface area contributed by atoms with Crippen molar-refractivity contribution in [1.82, 2.24) is 10.2 Å². The molecule has 0 radical (unpaired) electrons. The highest BCUT2D eigenvalue weighted by Gasteiger charge is 2.41. The molecule has 3 rings (SSSR count). The van der Waals surface area contributed by atoms with Crippen LogP contribution in [0.1, 0.15) is 31.2 Å². The fourth-order valence-electron chi connectivity index (χ4n) is 3.10. The molecule has 124 valence electrons. The number of carbonyl (C=O) groups excluding carboxylic acids is 1. The zero-order valence-electron chi connectivity index (χ0n) is 13.2. The van der Waals surface area contributed by atoms with Crippen molar-refractivity contribution >= 4 is 12.0 Å². The Labute approximate surface area is 135 Å². The number of urea groups is 1. The predicted octanol–water partition coefficient (Wildman–Crippen LogP) is 2.06. The number of carbonyl (C=O) groups is 2. The molecule has 1 heterocycles. The van der Waals surface area contributed by atoms with Crippen molar-refractivity contribution in [3.63, 3.8) is 0 Å². The van der Waals surface area contributed by atoms with E-state index in [9.17, 15) is 9.59 Å². The molecule has 1 aliphatic heterocycles. The van der Waals surface area contributed by atoms with Crippen LogP contribution in [0.15, 0.2) is 24.3 Å². The van der Waals surface area contributed by atoms with E-state index >= 15 is 0 Å². The maximum absolute atomic E-state index is 12.2. The lowest BCUT2D eigenvalue weighted by Crippen LogP contribution is -2.40. The van der Waals surface area contributed by atoms with Gasteiger partial charge in [-0.05, 0) is 37.5 Å². The van der Waals surface area contributed by atoms with Crippen LogP contribution in [0.3, 0.4) is 0 Å². The summed E-state index contributed by atoms with van der Waals surface area (Å²) in [6.07, 6.45) is 1.46. The Morgan fingerprint density at radius 3 is 2.70 bits per heavy atom. The molecule has 2 amide bonds. The molecule has 1 saturated heterocycles. The summed E-state index contributed by atoms with van der Waals surface area (Å²) in [7, 11) is 0. The van der Waals surface area contributed by atoms with Crippen molar-refractivity contribution in [3.8, 4) is 5.75 Å². The molecule has 0 aromatic heterocycles. The van der Waals surface area contributed by atoms with Gasteiger partial charge < -0.3 is 20.1 Å². The summed E-state index contributed by atoms with van der Waals surface area (Å²) in [6, 6.07) is 7.98. The van der Waals surface area contributed by atoms with Crippen LogP contribution in [0.2, 0.25) is 0 Å². The van der Waals surface area contributed by atoms with Gasteiger partial charge in [-0.2, -0.15) is 0 Å². The lowest BCUT2D eigenvalue weighted by Gasteiger charge is -2.16. The first kappa shape index (κ1) is 15.6. The van der Waals surface area contributed by atoms with Crippen molar-refractivity contribution < 1.29 is 19.4 Å². The van der Waals surface area contributed by atoms with Crippen LogP contribution < -0.4 is 10.1 Å². The second-order valence-corrected chi connectivity index (χ2v) is 6.17. The zero-order chi connectivity index (χ0) is 16.4. The SMILES string of the molecule is CCOc1ccc([C@@H]2C[C@H]2NC(=O)N2CCC(C(=O)O)C2)cc1. The van der Waals surface area contributed by atoms with E-state index in [1.54, 1.807) is 4.90 Å². The summed E-state index contributed by atoms with van der Waals surface area (Å²) in [6.45, 7) is 3.42. The Kier molecular flexibility index (Phi) is 4.41. The van der Waals surface area contributed by atoms with Crippen molar-refractivity contribution in [3.05, 3.63) is 29.8 Å². The van der Waals surface area contributed by atoms with Gasteiger partial charge in [0.05, 0.1) is 12.5 Å². The molecule has 1 aromatic carbocycles. The number of nitrogens with zero attached hydrogens (tertiary/aromatic N) is 1. The highest BCUT2D eigenvalue weighted by molar-refractivity contribution is 5.78. The molecule has 6 heteroatoms. The molecule has 1 unspecified atom stereocenters. The number of aliphatic carboxylic acids is 1. The second-order valence-electron chi connectivity index (χ2n) is 6.17.